The van der Waals surface area contributed by atoms with Gasteiger partial charge in [-0.1, -0.05) is 19.9 Å². The van der Waals surface area contributed by atoms with E-state index in [-0.39, 0.29) is 12.1 Å². The fourth-order valence-corrected chi connectivity index (χ4v) is 3.80. The van der Waals surface area contributed by atoms with Crippen molar-refractivity contribution < 1.29 is 9.47 Å². The van der Waals surface area contributed by atoms with Gasteiger partial charge >= 0.3 is 0 Å². The Morgan fingerprint density at radius 3 is 2.34 bits per heavy atom. The van der Waals surface area contributed by atoms with Crippen LogP contribution in [0, 0.1) is 0 Å². The molecule has 3 aromatic rings. The zero-order chi connectivity index (χ0) is 20.4. The van der Waals surface area contributed by atoms with E-state index in [2.05, 4.69) is 52.3 Å². The second kappa shape index (κ2) is 8.17. The summed E-state index contributed by atoms with van der Waals surface area (Å²) in [5.41, 5.74) is 4.38. The summed E-state index contributed by atoms with van der Waals surface area (Å²) >= 11 is 0. The van der Waals surface area contributed by atoms with E-state index in [0.29, 0.717) is 11.7 Å². The average Bonchev–Trinajstić information content (AvgIpc) is 2.78. The Kier molecular flexibility index (Phi) is 5.45. The smallest absolute Gasteiger partial charge is 0.161 e. The number of hydrogen-bond acceptors (Lipinski definition) is 6. The first kappa shape index (κ1) is 19.3. The van der Waals surface area contributed by atoms with Gasteiger partial charge in [-0.15, -0.1) is 0 Å². The summed E-state index contributed by atoms with van der Waals surface area (Å²) in [7, 11) is 3.32. The van der Waals surface area contributed by atoms with Crippen LogP contribution in [0.5, 0.6) is 11.5 Å². The van der Waals surface area contributed by atoms with Crippen molar-refractivity contribution in [3.8, 4) is 11.5 Å². The summed E-state index contributed by atoms with van der Waals surface area (Å²) in [5.74, 6) is 2.59. The maximum Gasteiger partial charge on any atom is 0.161 e. The molecule has 0 saturated heterocycles. The molecule has 1 aliphatic rings. The van der Waals surface area contributed by atoms with E-state index in [1.807, 2.05) is 30.7 Å². The van der Waals surface area contributed by atoms with Gasteiger partial charge in [0.25, 0.3) is 0 Å². The fourth-order valence-electron chi connectivity index (χ4n) is 3.80. The molecule has 6 nitrogen and oxygen atoms in total. The van der Waals surface area contributed by atoms with Crippen LogP contribution in [0.15, 0.2) is 48.9 Å². The van der Waals surface area contributed by atoms with Crippen molar-refractivity contribution in [1.82, 2.24) is 20.3 Å². The van der Waals surface area contributed by atoms with Crippen molar-refractivity contribution in [1.29, 1.82) is 0 Å². The molecule has 0 spiro atoms. The molecule has 0 radical (unpaired) electrons. The second-order valence-electron chi connectivity index (χ2n) is 7.55. The first-order chi connectivity index (χ1) is 14.1. The van der Waals surface area contributed by atoms with E-state index in [9.17, 15) is 0 Å². The highest BCUT2D eigenvalue weighted by atomic mass is 16.5. The number of nitrogens with one attached hydrogen (secondary N) is 1. The number of aromatic nitrogens is 3. The molecule has 1 aromatic carbocycles. The van der Waals surface area contributed by atoms with Crippen molar-refractivity contribution in [2.24, 2.45) is 0 Å². The Morgan fingerprint density at radius 2 is 1.72 bits per heavy atom. The maximum atomic E-state index is 5.55. The van der Waals surface area contributed by atoms with Crippen LogP contribution in [0.2, 0.25) is 0 Å². The molecular weight excluding hydrogens is 364 g/mol. The average molecular weight is 390 g/mol. The molecule has 2 aromatic heterocycles. The lowest BCUT2D eigenvalue weighted by Gasteiger charge is -2.34. The van der Waals surface area contributed by atoms with Crippen molar-refractivity contribution in [2.45, 2.75) is 38.3 Å². The highest BCUT2D eigenvalue weighted by Gasteiger charge is 2.31. The number of fused-ring (bicyclic) bond motifs is 1. The summed E-state index contributed by atoms with van der Waals surface area (Å²) in [5, 5.41) is 3.74. The number of methoxy groups -OCH3 is 2. The zero-order valence-electron chi connectivity index (χ0n) is 17.2. The number of hydrogen-bond donors (Lipinski definition) is 1. The molecule has 4 rings (SSSR count). The summed E-state index contributed by atoms with van der Waals surface area (Å²) in [6, 6.07) is 10.1. The lowest BCUT2D eigenvalue weighted by Crippen LogP contribution is -2.34. The number of pyridine rings is 1. The Balaban J connectivity index is 1.80. The van der Waals surface area contributed by atoms with Crippen molar-refractivity contribution in [3.05, 3.63) is 77.1 Å². The minimum atomic E-state index is -0.0632. The summed E-state index contributed by atoms with van der Waals surface area (Å²) in [6.45, 7) is 4.19. The van der Waals surface area contributed by atoms with Crippen LogP contribution in [0.1, 0.15) is 60.1 Å². The fraction of sp³-hybridized carbons (Fsp3) is 0.348. The molecule has 6 heteroatoms. The first-order valence-corrected chi connectivity index (χ1v) is 9.84. The largest absolute Gasteiger partial charge is 0.493 e. The first-order valence-electron chi connectivity index (χ1n) is 9.84. The molecule has 1 N–H and O–H groups in total. The van der Waals surface area contributed by atoms with Crippen LogP contribution in [-0.4, -0.2) is 29.2 Å². The lowest BCUT2D eigenvalue weighted by molar-refractivity contribution is 0.350. The molecule has 1 aliphatic heterocycles. The predicted octanol–water partition coefficient (Wildman–Crippen LogP) is 3.99. The molecule has 0 unspecified atom stereocenters. The Labute approximate surface area is 171 Å². The van der Waals surface area contributed by atoms with Gasteiger partial charge in [0, 0.05) is 30.1 Å². The number of nitrogens with zero attached hydrogens (tertiary/aromatic N) is 3. The highest BCUT2D eigenvalue weighted by molar-refractivity contribution is 5.52. The van der Waals surface area contributed by atoms with E-state index < -0.39 is 0 Å². The van der Waals surface area contributed by atoms with E-state index in [4.69, 9.17) is 9.47 Å². The summed E-state index contributed by atoms with van der Waals surface area (Å²) in [4.78, 5) is 13.7. The van der Waals surface area contributed by atoms with Crippen molar-refractivity contribution in [2.75, 3.05) is 14.2 Å². The predicted molar refractivity (Wildman–Crippen MR) is 111 cm³/mol. The molecule has 0 bridgehead atoms. The van der Waals surface area contributed by atoms with Crippen LogP contribution in [0.25, 0.3) is 0 Å². The lowest BCUT2D eigenvalue weighted by atomic mass is 9.86. The van der Waals surface area contributed by atoms with Crippen LogP contribution in [0.3, 0.4) is 0 Å². The van der Waals surface area contributed by atoms with Crippen molar-refractivity contribution >= 4 is 0 Å². The van der Waals surface area contributed by atoms with E-state index in [1.54, 1.807) is 14.2 Å². The molecule has 150 valence electrons. The maximum absolute atomic E-state index is 5.55. The third-order valence-corrected chi connectivity index (χ3v) is 5.33. The molecule has 2 atom stereocenters. The van der Waals surface area contributed by atoms with Gasteiger partial charge in [-0.3, -0.25) is 10.3 Å². The monoisotopic (exact) mass is 390 g/mol. The van der Waals surface area contributed by atoms with Gasteiger partial charge in [0.2, 0.25) is 0 Å². The quantitative estimate of drug-likeness (QED) is 0.710. The van der Waals surface area contributed by atoms with Gasteiger partial charge in [0.15, 0.2) is 11.5 Å². The zero-order valence-corrected chi connectivity index (χ0v) is 17.2. The summed E-state index contributed by atoms with van der Waals surface area (Å²) in [6.07, 6.45) is 6.48. The van der Waals surface area contributed by atoms with E-state index >= 15 is 0 Å². The molecule has 0 aliphatic carbocycles. The minimum absolute atomic E-state index is 0.0632. The normalized spacial score (nSPS) is 18.4. The topological polar surface area (TPSA) is 69.2 Å². The number of benzene rings is 1. The van der Waals surface area contributed by atoms with Gasteiger partial charge in [-0.2, -0.15) is 0 Å². The molecule has 3 heterocycles. The highest BCUT2D eigenvalue weighted by Crippen LogP contribution is 2.40. The molecule has 29 heavy (non-hydrogen) atoms. The van der Waals surface area contributed by atoms with Gasteiger partial charge in [0.1, 0.15) is 5.82 Å². The minimum Gasteiger partial charge on any atom is -0.493 e. The molecular formula is C23H26N4O2. The van der Waals surface area contributed by atoms with E-state index in [1.165, 1.54) is 5.56 Å². The van der Waals surface area contributed by atoms with Gasteiger partial charge in [0.05, 0.1) is 32.0 Å². The Bertz CT molecular complexity index is 974. The molecule has 0 amide bonds. The SMILES string of the molecule is COc1cc2c(cc1OC)[C@H](c1cnc(C(C)C)nc1)N[C@H](c1ccccn1)C2. The summed E-state index contributed by atoms with van der Waals surface area (Å²) < 4.78 is 11.1. The van der Waals surface area contributed by atoms with Crippen molar-refractivity contribution in [3.63, 3.8) is 0 Å². The third-order valence-electron chi connectivity index (χ3n) is 5.33. The Morgan fingerprint density at radius 1 is 1.00 bits per heavy atom. The third kappa shape index (κ3) is 3.80. The second-order valence-corrected chi connectivity index (χ2v) is 7.55. The van der Waals surface area contributed by atoms with Gasteiger partial charge in [-0.05, 0) is 41.8 Å². The standard InChI is InChI=1S/C23H26N4O2/c1-14(2)23-25-12-16(13-26-23)22-17-11-21(29-4)20(28-3)10-15(17)9-19(27-22)18-7-5-6-8-24-18/h5-8,10-14,19,22,27H,9H2,1-4H3/t19-,22-/m0/s1. The number of ether oxygens (including phenoxy) is 2. The van der Waals surface area contributed by atoms with Crippen LogP contribution < -0.4 is 14.8 Å². The van der Waals surface area contributed by atoms with Gasteiger partial charge < -0.3 is 9.47 Å². The van der Waals surface area contributed by atoms with Crippen LogP contribution in [0.4, 0.5) is 0 Å². The molecule has 0 fully saturated rings. The number of rotatable bonds is 5. The van der Waals surface area contributed by atoms with E-state index in [0.717, 1.165) is 34.8 Å². The Hall–Kier alpha value is -2.99. The van der Waals surface area contributed by atoms with Gasteiger partial charge in [-0.25, -0.2) is 9.97 Å². The van der Waals surface area contributed by atoms with Crippen LogP contribution >= 0.6 is 0 Å². The molecule has 0 saturated carbocycles. The van der Waals surface area contributed by atoms with Crippen LogP contribution in [-0.2, 0) is 6.42 Å².